The number of rotatable bonds is 5. The number of ether oxygens (including phenoxy) is 1. The zero-order valence-electron chi connectivity index (χ0n) is 14.9. The molecule has 0 unspecified atom stereocenters. The van der Waals surface area contributed by atoms with Gasteiger partial charge in [0.05, 0.1) is 12.6 Å². The highest BCUT2D eigenvalue weighted by atomic mass is 16.5. The van der Waals surface area contributed by atoms with Crippen LogP contribution in [0.25, 0.3) is 0 Å². The quantitative estimate of drug-likeness (QED) is 0.865. The number of aromatic nitrogens is 1. The van der Waals surface area contributed by atoms with Gasteiger partial charge in [0.25, 0.3) is 0 Å². The number of carbonyl (C=O) groups is 2. The molecule has 1 fully saturated rings. The van der Waals surface area contributed by atoms with Crippen LogP contribution in [0.5, 0.6) is 5.75 Å². The molecule has 1 atom stereocenters. The molecule has 0 saturated carbocycles. The minimum Gasteiger partial charge on any atom is -0.494 e. The predicted octanol–water partition coefficient (Wildman–Crippen LogP) is 2.72. The number of urea groups is 1. The molecule has 136 valence electrons. The Bertz CT molecular complexity index is 792. The zero-order chi connectivity index (χ0) is 18.5. The van der Waals surface area contributed by atoms with E-state index in [1.807, 2.05) is 44.2 Å². The Balaban J connectivity index is 1.58. The topological polar surface area (TPSA) is 83.6 Å². The van der Waals surface area contributed by atoms with Crippen LogP contribution in [0.15, 0.2) is 42.6 Å². The molecule has 1 aliphatic heterocycles. The van der Waals surface area contributed by atoms with Crippen LogP contribution < -0.4 is 20.3 Å². The molecule has 0 spiro atoms. The van der Waals surface area contributed by atoms with Crippen molar-refractivity contribution in [1.29, 1.82) is 0 Å². The summed E-state index contributed by atoms with van der Waals surface area (Å²) in [6, 6.07) is 10.4. The molecular weight excluding hydrogens is 332 g/mol. The molecule has 1 aromatic heterocycles. The summed E-state index contributed by atoms with van der Waals surface area (Å²) < 4.78 is 5.41. The molecule has 3 rings (SSSR count). The SMILES string of the molecule is CCOc1ccc(N2C[C@H](NC(=O)Nc3cc(C)ccn3)CC2=O)cc1. The Morgan fingerprint density at radius 2 is 2.08 bits per heavy atom. The van der Waals surface area contributed by atoms with E-state index in [0.29, 0.717) is 19.0 Å². The summed E-state index contributed by atoms with van der Waals surface area (Å²) in [5, 5.41) is 5.52. The summed E-state index contributed by atoms with van der Waals surface area (Å²) in [7, 11) is 0. The number of amides is 3. The average Bonchev–Trinajstić information content (AvgIpc) is 2.96. The lowest BCUT2D eigenvalue weighted by molar-refractivity contribution is -0.117. The van der Waals surface area contributed by atoms with Gasteiger partial charge >= 0.3 is 6.03 Å². The van der Waals surface area contributed by atoms with Crippen molar-refractivity contribution in [3.63, 3.8) is 0 Å². The Morgan fingerprint density at radius 3 is 2.77 bits per heavy atom. The van der Waals surface area contributed by atoms with Crippen LogP contribution in [0.3, 0.4) is 0 Å². The first kappa shape index (κ1) is 17.7. The van der Waals surface area contributed by atoms with Gasteiger partial charge in [-0.2, -0.15) is 0 Å². The van der Waals surface area contributed by atoms with Gasteiger partial charge in [-0.15, -0.1) is 0 Å². The van der Waals surface area contributed by atoms with Crippen molar-refractivity contribution in [2.75, 3.05) is 23.4 Å². The number of pyridine rings is 1. The number of aryl methyl sites for hydroxylation is 1. The standard InChI is InChI=1S/C19H22N4O3/c1-3-26-16-6-4-15(5-7-16)23-12-14(11-18(23)24)21-19(25)22-17-10-13(2)8-9-20-17/h4-10,14H,3,11-12H2,1-2H3,(H2,20,21,22,25)/t14-/m1/s1. The molecule has 0 bridgehead atoms. The third-order valence-electron chi connectivity index (χ3n) is 4.08. The van der Waals surface area contributed by atoms with Gasteiger partial charge in [0.1, 0.15) is 11.6 Å². The molecule has 7 heteroatoms. The first-order valence-corrected chi connectivity index (χ1v) is 8.58. The van der Waals surface area contributed by atoms with E-state index < -0.39 is 0 Å². The number of hydrogen-bond acceptors (Lipinski definition) is 4. The summed E-state index contributed by atoms with van der Waals surface area (Å²) in [5.41, 5.74) is 1.80. The van der Waals surface area contributed by atoms with E-state index >= 15 is 0 Å². The Morgan fingerprint density at radius 1 is 1.31 bits per heavy atom. The Hall–Kier alpha value is -3.09. The van der Waals surface area contributed by atoms with Gasteiger partial charge < -0.3 is 15.0 Å². The fraction of sp³-hybridized carbons (Fsp3) is 0.316. The minimum absolute atomic E-state index is 0.0202. The molecular formula is C19H22N4O3. The van der Waals surface area contributed by atoms with Crippen molar-refractivity contribution in [3.05, 3.63) is 48.2 Å². The van der Waals surface area contributed by atoms with E-state index in [1.54, 1.807) is 17.2 Å². The summed E-state index contributed by atoms with van der Waals surface area (Å²) in [6.45, 7) is 4.88. The lowest BCUT2D eigenvalue weighted by atomic mass is 10.2. The lowest BCUT2D eigenvalue weighted by Gasteiger charge is -2.18. The summed E-state index contributed by atoms with van der Waals surface area (Å²) in [4.78, 5) is 30.2. The minimum atomic E-state index is -0.366. The summed E-state index contributed by atoms with van der Waals surface area (Å²) in [6.07, 6.45) is 1.90. The maximum Gasteiger partial charge on any atom is 0.320 e. The van der Waals surface area contributed by atoms with Crippen LogP contribution in [-0.4, -0.2) is 36.1 Å². The van der Waals surface area contributed by atoms with Crippen molar-refractivity contribution in [2.24, 2.45) is 0 Å². The fourth-order valence-electron chi connectivity index (χ4n) is 2.89. The van der Waals surface area contributed by atoms with Crippen molar-refractivity contribution < 1.29 is 14.3 Å². The molecule has 1 saturated heterocycles. The van der Waals surface area contributed by atoms with Crippen LogP contribution in [-0.2, 0) is 4.79 Å². The molecule has 1 aliphatic rings. The Labute approximate surface area is 152 Å². The first-order valence-electron chi connectivity index (χ1n) is 8.58. The van der Waals surface area contributed by atoms with Gasteiger partial charge in [-0.1, -0.05) is 0 Å². The number of carbonyl (C=O) groups excluding carboxylic acids is 2. The van der Waals surface area contributed by atoms with E-state index in [4.69, 9.17) is 4.74 Å². The van der Waals surface area contributed by atoms with Gasteiger partial charge in [-0.25, -0.2) is 9.78 Å². The van der Waals surface area contributed by atoms with Crippen molar-refractivity contribution in [3.8, 4) is 5.75 Å². The second-order valence-electron chi connectivity index (χ2n) is 6.15. The Kier molecular flexibility index (Phi) is 5.36. The molecule has 2 heterocycles. The lowest BCUT2D eigenvalue weighted by Crippen LogP contribution is -2.39. The normalized spacial score (nSPS) is 16.5. The molecule has 1 aromatic carbocycles. The molecule has 7 nitrogen and oxygen atoms in total. The van der Waals surface area contributed by atoms with Crippen LogP contribution in [0, 0.1) is 6.92 Å². The number of anilines is 2. The van der Waals surface area contributed by atoms with Crippen LogP contribution in [0.1, 0.15) is 18.9 Å². The van der Waals surface area contributed by atoms with Crippen LogP contribution >= 0.6 is 0 Å². The van der Waals surface area contributed by atoms with Crippen molar-refractivity contribution >= 4 is 23.4 Å². The molecule has 2 aromatic rings. The second kappa shape index (κ2) is 7.86. The first-order chi connectivity index (χ1) is 12.5. The zero-order valence-corrected chi connectivity index (χ0v) is 14.9. The van der Waals surface area contributed by atoms with Gasteiger partial charge in [0, 0.05) is 24.8 Å². The second-order valence-corrected chi connectivity index (χ2v) is 6.15. The van der Waals surface area contributed by atoms with E-state index in [9.17, 15) is 9.59 Å². The van der Waals surface area contributed by atoms with E-state index in [1.165, 1.54) is 0 Å². The molecule has 0 radical (unpaired) electrons. The number of nitrogens with one attached hydrogen (secondary N) is 2. The molecule has 0 aliphatic carbocycles. The van der Waals surface area contributed by atoms with Crippen molar-refractivity contribution in [1.82, 2.24) is 10.3 Å². The maximum atomic E-state index is 12.3. The van der Waals surface area contributed by atoms with Gasteiger partial charge in [0.2, 0.25) is 5.91 Å². The molecule has 26 heavy (non-hydrogen) atoms. The smallest absolute Gasteiger partial charge is 0.320 e. The average molecular weight is 354 g/mol. The monoisotopic (exact) mass is 354 g/mol. The third kappa shape index (κ3) is 4.30. The summed E-state index contributed by atoms with van der Waals surface area (Å²) in [5.74, 6) is 1.23. The highest BCUT2D eigenvalue weighted by Gasteiger charge is 2.31. The van der Waals surface area contributed by atoms with Gasteiger partial charge in [-0.3, -0.25) is 10.1 Å². The predicted molar refractivity (Wildman–Crippen MR) is 99.5 cm³/mol. The largest absolute Gasteiger partial charge is 0.494 e. The van der Waals surface area contributed by atoms with Gasteiger partial charge in [0.15, 0.2) is 0 Å². The van der Waals surface area contributed by atoms with E-state index in [0.717, 1.165) is 17.0 Å². The fourth-order valence-corrected chi connectivity index (χ4v) is 2.89. The molecule has 2 N–H and O–H groups in total. The summed E-state index contributed by atoms with van der Waals surface area (Å²) >= 11 is 0. The molecule has 3 amide bonds. The highest BCUT2D eigenvalue weighted by Crippen LogP contribution is 2.24. The van der Waals surface area contributed by atoms with Crippen LogP contribution in [0.2, 0.25) is 0 Å². The van der Waals surface area contributed by atoms with E-state index in [-0.39, 0.29) is 24.4 Å². The van der Waals surface area contributed by atoms with Gasteiger partial charge in [-0.05, 0) is 55.8 Å². The number of hydrogen-bond donors (Lipinski definition) is 2. The van der Waals surface area contributed by atoms with E-state index in [2.05, 4.69) is 15.6 Å². The number of nitrogens with zero attached hydrogens (tertiary/aromatic N) is 2. The highest BCUT2D eigenvalue weighted by molar-refractivity contribution is 5.97. The third-order valence-corrected chi connectivity index (χ3v) is 4.08. The van der Waals surface area contributed by atoms with Crippen LogP contribution in [0.4, 0.5) is 16.3 Å². The number of benzene rings is 1. The maximum absolute atomic E-state index is 12.3. The van der Waals surface area contributed by atoms with Crippen molar-refractivity contribution in [2.45, 2.75) is 26.3 Å².